The summed E-state index contributed by atoms with van der Waals surface area (Å²) in [6.45, 7) is 5.92. The van der Waals surface area contributed by atoms with Gasteiger partial charge in [0.2, 0.25) is 5.91 Å². The van der Waals surface area contributed by atoms with E-state index in [4.69, 9.17) is 4.74 Å². The molecule has 0 aromatic heterocycles. The van der Waals surface area contributed by atoms with E-state index >= 15 is 0 Å². The van der Waals surface area contributed by atoms with E-state index in [1.165, 1.54) is 31.2 Å². The van der Waals surface area contributed by atoms with Crippen molar-refractivity contribution in [1.82, 2.24) is 9.80 Å². The number of hydrogen-bond donors (Lipinski definition) is 1. The highest BCUT2D eigenvalue weighted by molar-refractivity contribution is 5.73. The Balaban J connectivity index is 1.28. The molecule has 1 aromatic rings. The highest BCUT2D eigenvalue weighted by Gasteiger charge is 2.42. The van der Waals surface area contributed by atoms with Crippen molar-refractivity contribution >= 4 is 5.91 Å². The van der Waals surface area contributed by atoms with Crippen LogP contribution in [0.3, 0.4) is 0 Å². The number of hydrogen-bond acceptors (Lipinski definition) is 4. The molecule has 3 aliphatic rings. The van der Waals surface area contributed by atoms with Crippen LogP contribution >= 0.6 is 0 Å². The third-order valence-corrected chi connectivity index (χ3v) is 6.92. The molecule has 0 radical (unpaired) electrons. The van der Waals surface area contributed by atoms with E-state index in [9.17, 15) is 9.90 Å². The van der Waals surface area contributed by atoms with Crippen LogP contribution in [0, 0.1) is 5.41 Å². The van der Waals surface area contributed by atoms with Crippen molar-refractivity contribution in [2.75, 3.05) is 26.2 Å². The van der Waals surface area contributed by atoms with Gasteiger partial charge in [0.25, 0.3) is 0 Å². The fourth-order valence-electron chi connectivity index (χ4n) is 5.27. The summed E-state index contributed by atoms with van der Waals surface area (Å²) in [7, 11) is 0. The lowest BCUT2D eigenvalue weighted by molar-refractivity contribution is -0.138. The first-order chi connectivity index (χ1) is 13.5. The normalized spacial score (nSPS) is 25.9. The maximum absolute atomic E-state index is 11.8. The minimum Gasteiger partial charge on any atom is -0.490 e. The van der Waals surface area contributed by atoms with Crippen LogP contribution in [-0.2, 0) is 11.3 Å². The maximum atomic E-state index is 11.8. The Labute approximate surface area is 168 Å². The van der Waals surface area contributed by atoms with Gasteiger partial charge in [-0.1, -0.05) is 12.1 Å². The molecule has 0 bridgehead atoms. The Hall–Kier alpha value is -1.59. The predicted octanol–water partition coefficient (Wildman–Crippen LogP) is 3.20. The lowest BCUT2D eigenvalue weighted by Crippen LogP contribution is -2.54. The summed E-state index contributed by atoms with van der Waals surface area (Å²) in [5.74, 6) is 1.08. The van der Waals surface area contributed by atoms with Crippen molar-refractivity contribution in [2.45, 2.75) is 70.6 Å². The summed E-state index contributed by atoms with van der Waals surface area (Å²) in [5, 5.41) is 10.3. The molecule has 1 amide bonds. The number of nitrogens with zero attached hydrogens (tertiary/aromatic N) is 2. The third-order valence-electron chi connectivity index (χ3n) is 6.92. The van der Waals surface area contributed by atoms with Gasteiger partial charge in [0.15, 0.2) is 0 Å². The van der Waals surface area contributed by atoms with Crippen LogP contribution in [0.5, 0.6) is 5.75 Å². The van der Waals surface area contributed by atoms with Crippen LogP contribution in [0.2, 0.25) is 0 Å². The van der Waals surface area contributed by atoms with Crippen molar-refractivity contribution in [3.8, 4) is 5.75 Å². The lowest BCUT2D eigenvalue weighted by atomic mass is 9.71. The van der Waals surface area contributed by atoms with E-state index < -0.39 is 0 Å². The van der Waals surface area contributed by atoms with Gasteiger partial charge in [-0.05, 0) is 81.1 Å². The van der Waals surface area contributed by atoms with Crippen molar-refractivity contribution in [3.63, 3.8) is 0 Å². The first kappa shape index (κ1) is 19.7. The topological polar surface area (TPSA) is 53.0 Å². The first-order valence-corrected chi connectivity index (χ1v) is 10.9. The first-order valence-electron chi connectivity index (χ1n) is 10.9. The summed E-state index contributed by atoms with van der Waals surface area (Å²) >= 11 is 0. The summed E-state index contributed by atoms with van der Waals surface area (Å²) < 4.78 is 6.07. The minimum atomic E-state index is -0.378. The second-order valence-electron chi connectivity index (χ2n) is 9.20. The van der Waals surface area contributed by atoms with Gasteiger partial charge in [0.05, 0.1) is 12.2 Å². The molecule has 2 saturated heterocycles. The van der Waals surface area contributed by atoms with E-state index in [0.29, 0.717) is 12.6 Å². The van der Waals surface area contributed by atoms with Crippen LogP contribution in [0.4, 0.5) is 0 Å². The molecule has 1 aromatic carbocycles. The van der Waals surface area contributed by atoms with Crippen LogP contribution < -0.4 is 4.74 Å². The number of aliphatic hydroxyl groups excluding tert-OH is 1. The van der Waals surface area contributed by atoms with Crippen LogP contribution in [0.25, 0.3) is 0 Å². The number of rotatable bonds is 4. The maximum Gasteiger partial charge on any atom is 0.219 e. The monoisotopic (exact) mass is 386 g/mol. The van der Waals surface area contributed by atoms with Crippen molar-refractivity contribution in [3.05, 3.63) is 29.8 Å². The molecule has 1 aliphatic carbocycles. The molecule has 5 nitrogen and oxygen atoms in total. The molecule has 4 rings (SSSR count). The Morgan fingerprint density at radius 1 is 1.18 bits per heavy atom. The van der Waals surface area contributed by atoms with Crippen LogP contribution in [0.15, 0.2) is 24.3 Å². The Kier molecular flexibility index (Phi) is 5.93. The smallest absolute Gasteiger partial charge is 0.219 e. The van der Waals surface area contributed by atoms with Gasteiger partial charge in [0, 0.05) is 26.6 Å². The third kappa shape index (κ3) is 4.69. The number of piperidine rings is 2. The fraction of sp³-hybridized carbons (Fsp3) is 0.696. The average molecular weight is 387 g/mol. The number of carbonyl (C=O) groups is 1. The zero-order valence-corrected chi connectivity index (χ0v) is 17.1. The van der Waals surface area contributed by atoms with Crippen molar-refractivity contribution < 1.29 is 14.6 Å². The quantitative estimate of drug-likeness (QED) is 0.863. The molecule has 1 unspecified atom stereocenters. The number of amides is 1. The average Bonchev–Trinajstić information content (AvgIpc) is 3.18. The van der Waals surface area contributed by atoms with Crippen LogP contribution in [-0.4, -0.2) is 59.2 Å². The number of benzene rings is 1. The van der Waals surface area contributed by atoms with Gasteiger partial charge in [-0.15, -0.1) is 0 Å². The molecule has 5 heteroatoms. The van der Waals surface area contributed by atoms with Gasteiger partial charge in [0.1, 0.15) is 5.75 Å². The molecule has 3 fully saturated rings. The molecule has 28 heavy (non-hydrogen) atoms. The molecule has 2 heterocycles. The predicted molar refractivity (Wildman–Crippen MR) is 109 cm³/mol. The van der Waals surface area contributed by atoms with Gasteiger partial charge in [-0.25, -0.2) is 0 Å². The second-order valence-corrected chi connectivity index (χ2v) is 9.20. The van der Waals surface area contributed by atoms with E-state index in [-0.39, 0.29) is 17.4 Å². The van der Waals surface area contributed by atoms with Gasteiger partial charge in [-0.3, -0.25) is 9.69 Å². The molecule has 1 saturated carbocycles. The highest BCUT2D eigenvalue weighted by atomic mass is 16.5. The summed E-state index contributed by atoms with van der Waals surface area (Å²) in [6.07, 6.45) is 7.92. The number of β-amino-alcohol motifs (C(OH)–C–C–N with tert-alkyl or cyclic N) is 1. The number of likely N-dealkylation sites (tertiary alicyclic amines) is 2. The van der Waals surface area contributed by atoms with Crippen LogP contribution in [0.1, 0.15) is 57.4 Å². The van der Waals surface area contributed by atoms with E-state index in [1.54, 1.807) is 6.92 Å². The number of aliphatic hydroxyl groups is 1. The lowest BCUT2D eigenvalue weighted by Gasteiger charge is -2.49. The van der Waals surface area contributed by atoms with Crippen molar-refractivity contribution in [2.24, 2.45) is 5.41 Å². The molecule has 1 spiro atoms. The molecular weight excluding hydrogens is 352 g/mol. The molecular formula is C23H34N2O3. The Morgan fingerprint density at radius 2 is 1.86 bits per heavy atom. The standard InChI is InChI=1S/C23H34N2O3/c1-18(26)25-16-20(27)14-23(17-25)10-12-24(13-11-23)15-19-6-8-22(9-7-19)28-21-4-2-3-5-21/h6-9,20-21,27H,2-5,10-17H2,1H3. The molecule has 1 atom stereocenters. The minimum absolute atomic E-state index is 0.0838. The van der Waals surface area contributed by atoms with Gasteiger partial charge in [-0.2, -0.15) is 0 Å². The van der Waals surface area contributed by atoms with E-state index in [1.807, 2.05) is 4.90 Å². The van der Waals surface area contributed by atoms with E-state index in [0.717, 1.165) is 51.2 Å². The fourth-order valence-corrected chi connectivity index (χ4v) is 5.27. The van der Waals surface area contributed by atoms with Gasteiger partial charge < -0.3 is 14.7 Å². The molecule has 1 N–H and O–H groups in total. The number of ether oxygens (including phenoxy) is 1. The summed E-state index contributed by atoms with van der Waals surface area (Å²) in [6, 6.07) is 8.61. The Bertz CT molecular complexity index is 661. The SMILES string of the molecule is CC(=O)N1CC(O)CC2(CCN(Cc3ccc(OC4CCCC4)cc3)CC2)C1. The Morgan fingerprint density at radius 3 is 2.50 bits per heavy atom. The number of carbonyl (C=O) groups excluding carboxylic acids is 1. The zero-order valence-electron chi connectivity index (χ0n) is 17.1. The zero-order chi connectivity index (χ0) is 19.6. The summed E-state index contributed by atoms with van der Waals surface area (Å²) in [5.41, 5.74) is 1.42. The molecule has 2 aliphatic heterocycles. The van der Waals surface area contributed by atoms with Gasteiger partial charge >= 0.3 is 0 Å². The molecule has 154 valence electrons. The highest BCUT2D eigenvalue weighted by Crippen LogP contribution is 2.40. The second kappa shape index (κ2) is 8.42. The summed E-state index contributed by atoms with van der Waals surface area (Å²) in [4.78, 5) is 16.1. The largest absolute Gasteiger partial charge is 0.490 e. The van der Waals surface area contributed by atoms with Crippen molar-refractivity contribution in [1.29, 1.82) is 0 Å². The van der Waals surface area contributed by atoms with E-state index in [2.05, 4.69) is 29.2 Å².